The van der Waals surface area contributed by atoms with Gasteiger partial charge in [-0.15, -0.1) is 0 Å². The molecule has 1 N–H and O–H groups in total. The lowest BCUT2D eigenvalue weighted by atomic mass is 10.1. The highest BCUT2D eigenvalue weighted by Crippen LogP contribution is 2.27. The summed E-state index contributed by atoms with van der Waals surface area (Å²) in [6.07, 6.45) is 0. The van der Waals surface area contributed by atoms with E-state index in [1.807, 2.05) is 32.9 Å². The largest absolute Gasteiger partial charge is 0.323 e. The number of sulfonamides is 1. The second-order valence-electron chi connectivity index (χ2n) is 7.12. The number of hydrogen-bond donors (Lipinski definition) is 1. The van der Waals surface area contributed by atoms with Gasteiger partial charge in [0.15, 0.2) is 0 Å². The topological polar surface area (TPSA) is 66.5 Å². The van der Waals surface area contributed by atoms with Gasteiger partial charge in [-0.1, -0.05) is 35.9 Å². The van der Waals surface area contributed by atoms with Crippen molar-refractivity contribution < 1.29 is 13.2 Å². The number of carbonyl (C=O) groups is 1. The van der Waals surface area contributed by atoms with Crippen molar-refractivity contribution in [3.63, 3.8) is 0 Å². The highest BCUT2D eigenvalue weighted by atomic mass is 79.9. The third kappa shape index (κ3) is 4.91. The van der Waals surface area contributed by atoms with Gasteiger partial charge in [-0.3, -0.25) is 9.10 Å². The number of hydrogen-bond acceptors (Lipinski definition) is 3. The van der Waals surface area contributed by atoms with Crippen LogP contribution < -0.4 is 9.62 Å². The Morgan fingerprint density at radius 3 is 2.23 bits per heavy atom. The number of amides is 1. The molecule has 0 radical (unpaired) electrons. The predicted molar refractivity (Wildman–Crippen MR) is 124 cm³/mol. The van der Waals surface area contributed by atoms with Gasteiger partial charge in [0, 0.05) is 4.47 Å². The van der Waals surface area contributed by atoms with Gasteiger partial charge in [0.1, 0.15) is 6.54 Å². The van der Waals surface area contributed by atoms with Crippen LogP contribution in [0.4, 0.5) is 11.4 Å². The van der Waals surface area contributed by atoms with Crippen LogP contribution in [0.15, 0.2) is 76.1 Å². The molecule has 0 aliphatic heterocycles. The lowest BCUT2D eigenvalue weighted by molar-refractivity contribution is -0.114. The fourth-order valence-corrected chi connectivity index (χ4v) is 4.71. The van der Waals surface area contributed by atoms with E-state index in [1.165, 1.54) is 0 Å². The number of rotatable bonds is 6. The number of benzene rings is 3. The van der Waals surface area contributed by atoms with E-state index in [0.29, 0.717) is 11.4 Å². The molecule has 3 rings (SSSR count). The first-order valence-corrected chi connectivity index (χ1v) is 11.6. The number of nitrogens with zero attached hydrogens (tertiary/aromatic N) is 1. The lowest BCUT2D eigenvalue weighted by Gasteiger charge is -2.25. The summed E-state index contributed by atoms with van der Waals surface area (Å²) in [6.45, 7) is 5.41. The molecular formula is C23H23BrN2O3S. The molecule has 0 aromatic heterocycles. The van der Waals surface area contributed by atoms with Crippen LogP contribution in [0.5, 0.6) is 0 Å². The molecule has 3 aromatic rings. The Morgan fingerprint density at radius 2 is 1.60 bits per heavy atom. The maximum Gasteiger partial charge on any atom is 0.264 e. The number of anilines is 2. The van der Waals surface area contributed by atoms with E-state index in [0.717, 1.165) is 25.5 Å². The van der Waals surface area contributed by atoms with Crippen molar-refractivity contribution in [2.75, 3.05) is 16.2 Å². The van der Waals surface area contributed by atoms with Gasteiger partial charge >= 0.3 is 0 Å². The van der Waals surface area contributed by atoms with Crippen molar-refractivity contribution in [2.45, 2.75) is 25.7 Å². The average Bonchev–Trinajstić information content (AvgIpc) is 2.70. The second-order valence-corrected chi connectivity index (χ2v) is 9.84. The first kappa shape index (κ1) is 22.1. The molecular weight excluding hydrogens is 464 g/mol. The maximum atomic E-state index is 13.4. The van der Waals surface area contributed by atoms with Crippen LogP contribution in [0.3, 0.4) is 0 Å². The zero-order chi connectivity index (χ0) is 21.9. The monoisotopic (exact) mass is 486 g/mol. The third-order valence-electron chi connectivity index (χ3n) is 4.82. The minimum absolute atomic E-state index is 0.139. The minimum Gasteiger partial charge on any atom is -0.323 e. The van der Waals surface area contributed by atoms with E-state index in [-0.39, 0.29) is 11.4 Å². The number of halogens is 1. The maximum absolute atomic E-state index is 13.4. The van der Waals surface area contributed by atoms with Crippen molar-refractivity contribution in [3.8, 4) is 0 Å². The minimum atomic E-state index is -3.94. The summed E-state index contributed by atoms with van der Waals surface area (Å²) < 4.78 is 28.7. The first-order chi connectivity index (χ1) is 14.2. The Kier molecular flexibility index (Phi) is 6.63. The first-order valence-electron chi connectivity index (χ1n) is 9.39. The summed E-state index contributed by atoms with van der Waals surface area (Å²) in [5.74, 6) is -0.434. The molecule has 3 aromatic carbocycles. The normalized spacial score (nSPS) is 11.2. The van der Waals surface area contributed by atoms with Crippen molar-refractivity contribution in [1.29, 1.82) is 0 Å². The Bertz CT molecular complexity index is 1180. The molecule has 0 saturated heterocycles. The van der Waals surface area contributed by atoms with E-state index in [2.05, 4.69) is 21.2 Å². The molecule has 0 bridgehead atoms. The van der Waals surface area contributed by atoms with Crippen molar-refractivity contribution in [1.82, 2.24) is 0 Å². The van der Waals surface area contributed by atoms with Crippen LogP contribution in [0.25, 0.3) is 0 Å². The van der Waals surface area contributed by atoms with Crippen LogP contribution in [0, 0.1) is 20.8 Å². The van der Waals surface area contributed by atoms with Crippen LogP contribution in [0.2, 0.25) is 0 Å². The Morgan fingerprint density at radius 1 is 0.933 bits per heavy atom. The van der Waals surface area contributed by atoms with E-state index in [4.69, 9.17) is 0 Å². The van der Waals surface area contributed by atoms with Crippen LogP contribution >= 0.6 is 15.9 Å². The van der Waals surface area contributed by atoms with E-state index >= 15 is 0 Å². The molecule has 0 heterocycles. The second kappa shape index (κ2) is 9.02. The summed E-state index contributed by atoms with van der Waals surface area (Å²) in [6, 6.07) is 19.2. The SMILES string of the molecule is Cc1ccc(S(=O)(=O)N(CC(=O)Nc2ccccc2Br)c2ccc(C)c(C)c2)cc1. The smallest absolute Gasteiger partial charge is 0.264 e. The summed E-state index contributed by atoms with van der Waals surface area (Å²) in [5, 5.41) is 2.78. The van der Waals surface area contributed by atoms with Crippen molar-refractivity contribution >= 4 is 43.2 Å². The van der Waals surface area contributed by atoms with Crippen molar-refractivity contribution in [3.05, 3.63) is 87.9 Å². The van der Waals surface area contributed by atoms with E-state index in [9.17, 15) is 13.2 Å². The van der Waals surface area contributed by atoms with Gasteiger partial charge in [0.25, 0.3) is 10.0 Å². The number of carbonyl (C=O) groups excluding carboxylic acids is 1. The Hall–Kier alpha value is -2.64. The van der Waals surface area contributed by atoms with E-state index in [1.54, 1.807) is 54.6 Å². The fraction of sp³-hybridized carbons (Fsp3) is 0.174. The molecule has 0 aliphatic rings. The van der Waals surface area contributed by atoms with Crippen LogP contribution in [-0.4, -0.2) is 20.9 Å². The van der Waals surface area contributed by atoms with Gasteiger partial charge in [0.05, 0.1) is 16.3 Å². The molecule has 7 heteroatoms. The van der Waals surface area contributed by atoms with Gasteiger partial charge in [-0.05, 0) is 84.2 Å². The Balaban J connectivity index is 1.99. The fourth-order valence-electron chi connectivity index (χ4n) is 2.92. The molecule has 0 spiro atoms. The van der Waals surface area contributed by atoms with Gasteiger partial charge in [-0.25, -0.2) is 8.42 Å². The summed E-state index contributed by atoms with van der Waals surface area (Å²) in [7, 11) is -3.94. The molecule has 0 unspecified atom stereocenters. The van der Waals surface area contributed by atoms with Gasteiger partial charge in [-0.2, -0.15) is 0 Å². The molecule has 0 aliphatic carbocycles. The molecule has 0 atom stereocenters. The number of para-hydroxylation sites is 1. The third-order valence-corrected chi connectivity index (χ3v) is 7.30. The highest BCUT2D eigenvalue weighted by Gasteiger charge is 2.27. The number of nitrogens with one attached hydrogen (secondary N) is 1. The molecule has 1 amide bonds. The summed E-state index contributed by atoms with van der Waals surface area (Å²) >= 11 is 3.39. The van der Waals surface area contributed by atoms with Gasteiger partial charge in [0.2, 0.25) is 5.91 Å². The zero-order valence-electron chi connectivity index (χ0n) is 17.0. The van der Waals surface area contributed by atoms with Crippen LogP contribution in [0.1, 0.15) is 16.7 Å². The summed E-state index contributed by atoms with van der Waals surface area (Å²) in [4.78, 5) is 12.9. The molecule has 0 fully saturated rings. The van der Waals surface area contributed by atoms with Crippen LogP contribution in [-0.2, 0) is 14.8 Å². The lowest BCUT2D eigenvalue weighted by Crippen LogP contribution is -2.38. The molecule has 30 heavy (non-hydrogen) atoms. The number of aryl methyl sites for hydroxylation is 3. The van der Waals surface area contributed by atoms with Crippen molar-refractivity contribution in [2.24, 2.45) is 0 Å². The average molecular weight is 487 g/mol. The quantitative estimate of drug-likeness (QED) is 0.519. The Labute approximate surface area is 185 Å². The summed E-state index contributed by atoms with van der Waals surface area (Å²) in [5.41, 5.74) is 3.97. The van der Waals surface area contributed by atoms with E-state index < -0.39 is 15.9 Å². The predicted octanol–water partition coefficient (Wildman–Crippen LogP) is 5.21. The van der Waals surface area contributed by atoms with Gasteiger partial charge < -0.3 is 5.32 Å². The standard InChI is InChI=1S/C23H23BrN2O3S/c1-16-8-12-20(13-9-16)30(28,29)26(19-11-10-17(2)18(3)14-19)15-23(27)25-22-7-5-4-6-21(22)24/h4-14H,15H2,1-3H3,(H,25,27). The highest BCUT2D eigenvalue weighted by molar-refractivity contribution is 9.10. The molecule has 5 nitrogen and oxygen atoms in total. The molecule has 156 valence electrons. The zero-order valence-corrected chi connectivity index (χ0v) is 19.4. The molecule has 0 saturated carbocycles.